The summed E-state index contributed by atoms with van der Waals surface area (Å²) in [5.74, 6) is -0.0205. The van der Waals surface area contributed by atoms with Crippen molar-refractivity contribution in [3.63, 3.8) is 0 Å². The number of nitrogens with zero attached hydrogens (tertiary/aromatic N) is 2. The van der Waals surface area contributed by atoms with Gasteiger partial charge in [-0.3, -0.25) is 4.79 Å². The topological polar surface area (TPSA) is 33.2 Å². The van der Waals surface area contributed by atoms with Crippen LogP contribution in [0.5, 0.6) is 0 Å². The van der Waals surface area contributed by atoms with Gasteiger partial charge >= 0.3 is 0 Å². The van der Waals surface area contributed by atoms with Crippen LogP contribution in [0.4, 0.5) is 0 Å². The molecular weight excluding hydrogens is 184 g/mol. The number of carbonyl (C=O) groups is 1. The third-order valence-corrected chi connectivity index (χ3v) is 2.37. The van der Waals surface area contributed by atoms with Gasteiger partial charge in [0.1, 0.15) is 5.01 Å². The van der Waals surface area contributed by atoms with E-state index in [9.17, 15) is 4.79 Å². The summed E-state index contributed by atoms with van der Waals surface area (Å²) in [6.07, 6.45) is 3.26. The molecule has 4 heteroatoms. The molecule has 0 bridgehead atoms. The van der Waals surface area contributed by atoms with Gasteiger partial charge in [0.15, 0.2) is 0 Å². The molecule has 0 atom stereocenters. The van der Waals surface area contributed by atoms with Gasteiger partial charge in [-0.2, -0.15) is 0 Å². The van der Waals surface area contributed by atoms with Crippen molar-refractivity contribution in [3.05, 3.63) is 22.2 Å². The van der Waals surface area contributed by atoms with Crippen LogP contribution in [0.1, 0.15) is 10.7 Å². The first-order valence-corrected chi connectivity index (χ1v) is 4.79. The third kappa shape index (κ3) is 2.99. The van der Waals surface area contributed by atoms with Crippen molar-refractivity contribution in [2.24, 2.45) is 0 Å². The number of thiazole rings is 1. The summed E-state index contributed by atoms with van der Waals surface area (Å²) in [5.41, 5.74) is 0.988. The molecule has 1 amide bonds. The molecule has 0 unspecified atom stereocenters. The molecule has 0 aliphatic carbocycles. The number of aromatic nitrogens is 1. The average molecular weight is 196 g/mol. The Kier molecular flexibility index (Phi) is 3.19. The fourth-order valence-corrected chi connectivity index (χ4v) is 1.43. The van der Waals surface area contributed by atoms with E-state index in [1.54, 1.807) is 20.2 Å². The smallest absolute Gasteiger partial charge is 0.246 e. The van der Waals surface area contributed by atoms with Gasteiger partial charge in [0.05, 0.1) is 0 Å². The highest BCUT2D eigenvalue weighted by Gasteiger charge is 1.98. The Balaban J connectivity index is 2.64. The van der Waals surface area contributed by atoms with Crippen molar-refractivity contribution in [1.82, 2.24) is 9.88 Å². The Labute approximate surface area is 81.7 Å². The standard InChI is InChI=1S/C9H12N2OS/c1-7-6-13-8(10-7)4-5-9(12)11(2)3/h4-6H,1-3H3/b5-4+. The number of carbonyl (C=O) groups excluding carboxylic acids is 1. The zero-order chi connectivity index (χ0) is 9.84. The maximum atomic E-state index is 11.1. The predicted molar refractivity (Wildman–Crippen MR) is 54.6 cm³/mol. The van der Waals surface area contributed by atoms with Gasteiger partial charge in [0.2, 0.25) is 5.91 Å². The molecule has 0 N–H and O–H groups in total. The third-order valence-electron chi connectivity index (χ3n) is 1.45. The number of hydrogen-bond donors (Lipinski definition) is 0. The summed E-state index contributed by atoms with van der Waals surface area (Å²) in [6.45, 7) is 1.93. The molecule has 0 saturated carbocycles. The van der Waals surface area contributed by atoms with Crippen LogP contribution in [-0.4, -0.2) is 29.9 Å². The minimum absolute atomic E-state index is 0.0205. The summed E-state index contributed by atoms with van der Waals surface area (Å²) in [6, 6.07) is 0. The second-order valence-corrected chi connectivity index (χ2v) is 3.78. The van der Waals surface area contributed by atoms with Crippen LogP contribution in [0, 0.1) is 6.92 Å². The number of rotatable bonds is 2. The molecule has 0 radical (unpaired) electrons. The normalized spacial score (nSPS) is 10.7. The average Bonchev–Trinajstić information content (AvgIpc) is 2.47. The Hall–Kier alpha value is -1.16. The highest BCUT2D eigenvalue weighted by atomic mass is 32.1. The van der Waals surface area contributed by atoms with E-state index in [1.165, 1.54) is 22.3 Å². The fourth-order valence-electron chi connectivity index (χ4n) is 0.740. The first-order valence-electron chi connectivity index (χ1n) is 3.91. The molecule has 1 heterocycles. The zero-order valence-electron chi connectivity index (χ0n) is 7.94. The highest BCUT2D eigenvalue weighted by Crippen LogP contribution is 2.10. The quantitative estimate of drug-likeness (QED) is 0.672. The Bertz CT molecular complexity index is 328. The van der Waals surface area contributed by atoms with Gasteiger partial charge in [-0.15, -0.1) is 11.3 Å². The van der Waals surface area contributed by atoms with Crippen LogP contribution >= 0.6 is 11.3 Å². The molecule has 1 aromatic heterocycles. The minimum atomic E-state index is -0.0205. The van der Waals surface area contributed by atoms with Crippen molar-refractivity contribution < 1.29 is 4.79 Å². The van der Waals surface area contributed by atoms with E-state index in [1.807, 2.05) is 12.3 Å². The molecule has 0 aliphatic rings. The van der Waals surface area contributed by atoms with Crippen molar-refractivity contribution in [2.75, 3.05) is 14.1 Å². The van der Waals surface area contributed by atoms with Gasteiger partial charge < -0.3 is 4.90 Å². The van der Waals surface area contributed by atoms with E-state index in [2.05, 4.69) is 4.98 Å². The van der Waals surface area contributed by atoms with Crippen molar-refractivity contribution in [1.29, 1.82) is 0 Å². The van der Waals surface area contributed by atoms with Crippen LogP contribution in [-0.2, 0) is 4.79 Å². The first kappa shape index (κ1) is 9.92. The summed E-state index contributed by atoms with van der Waals surface area (Å²) in [4.78, 5) is 16.9. The Morgan fingerprint density at radius 3 is 2.77 bits per heavy atom. The van der Waals surface area contributed by atoms with E-state index < -0.39 is 0 Å². The van der Waals surface area contributed by atoms with Gasteiger partial charge in [-0.25, -0.2) is 4.98 Å². The number of aryl methyl sites for hydroxylation is 1. The summed E-state index contributed by atoms with van der Waals surface area (Å²) in [7, 11) is 3.44. The monoisotopic (exact) mass is 196 g/mol. The zero-order valence-corrected chi connectivity index (χ0v) is 8.76. The number of likely N-dealkylation sites (N-methyl/N-ethyl adjacent to an activating group) is 1. The second-order valence-electron chi connectivity index (χ2n) is 2.89. The van der Waals surface area contributed by atoms with Crippen LogP contribution in [0.2, 0.25) is 0 Å². The largest absolute Gasteiger partial charge is 0.345 e. The van der Waals surface area contributed by atoms with Crippen molar-refractivity contribution >= 4 is 23.3 Å². The summed E-state index contributed by atoms with van der Waals surface area (Å²) >= 11 is 1.53. The van der Waals surface area contributed by atoms with E-state index in [0.29, 0.717) is 0 Å². The van der Waals surface area contributed by atoms with Crippen LogP contribution in [0.3, 0.4) is 0 Å². The number of hydrogen-bond acceptors (Lipinski definition) is 3. The molecular formula is C9H12N2OS. The Morgan fingerprint density at radius 1 is 1.62 bits per heavy atom. The lowest BCUT2D eigenvalue weighted by molar-refractivity contribution is -0.123. The maximum absolute atomic E-state index is 11.1. The molecule has 0 aromatic carbocycles. The predicted octanol–water partition coefficient (Wildman–Crippen LogP) is 1.55. The molecule has 1 rings (SSSR count). The molecule has 13 heavy (non-hydrogen) atoms. The fraction of sp³-hybridized carbons (Fsp3) is 0.333. The lowest BCUT2D eigenvalue weighted by atomic mass is 10.4. The second kappa shape index (κ2) is 4.18. The van der Waals surface area contributed by atoms with Crippen LogP contribution in [0.25, 0.3) is 6.08 Å². The van der Waals surface area contributed by atoms with Crippen molar-refractivity contribution in [3.8, 4) is 0 Å². The lowest BCUT2D eigenvalue weighted by Gasteiger charge is -2.04. The molecule has 0 saturated heterocycles. The van der Waals surface area contributed by atoms with Gasteiger partial charge in [-0.1, -0.05) is 0 Å². The molecule has 0 aliphatic heterocycles. The SMILES string of the molecule is Cc1csc(/C=C/C(=O)N(C)C)n1. The Morgan fingerprint density at radius 2 is 2.31 bits per heavy atom. The van der Waals surface area contributed by atoms with Crippen LogP contribution in [0.15, 0.2) is 11.5 Å². The van der Waals surface area contributed by atoms with Gasteiger partial charge in [0.25, 0.3) is 0 Å². The van der Waals surface area contributed by atoms with E-state index in [4.69, 9.17) is 0 Å². The van der Waals surface area contributed by atoms with Crippen LogP contribution < -0.4 is 0 Å². The molecule has 70 valence electrons. The molecule has 0 spiro atoms. The van der Waals surface area contributed by atoms with Gasteiger partial charge in [-0.05, 0) is 13.0 Å². The minimum Gasteiger partial charge on any atom is -0.345 e. The molecule has 0 fully saturated rings. The van der Waals surface area contributed by atoms with E-state index >= 15 is 0 Å². The maximum Gasteiger partial charge on any atom is 0.246 e. The molecule has 3 nitrogen and oxygen atoms in total. The lowest BCUT2D eigenvalue weighted by Crippen LogP contribution is -2.18. The summed E-state index contributed by atoms with van der Waals surface area (Å²) in [5, 5.41) is 2.83. The first-order chi connectivity index (χ1) is 6.09. The summed E-state index contributed by atoms with van der Waals surface area (Å²) < 4.78 is 0. The molecule has 1 aromatic rings. The van der Waals surface area contributed by atoms with Gasteiger partial charge in [0, 0.05) is 31.2 Å². The van der Waals surface area contributed by atoms with E-state index in [0.717, 1.165) is 10.7 Å². The highest BCUT2D eigenvalue weighted by molar-refractivity contribution is 7.10. The number of amides is 1. The van der Waals surface area contributed by atoms with Crippen molar-refractivity contribution in [2.45, 2.75) is 6.92 Å². The van der Waals surface area contributed by atoms with E-state index in [-0.39, 0.29) is 5.91 Å².